The standard InChI is InChI=1S/C18H18FNO5/c1-24-15-7-6-11(8-14(15)19)10-25-16(21)9-20-17(22)12-4-2-3-5-13(12)18(20)23/h2-3,6-8,12-13H,4-5,9-10H2,1H3/t12-,13-/m1/s1. The Morgan fingerprint density at radius 1 is 1.20 bits per heavy atom. The zero-order valence-corrected chi connectivity index (χ0v) is 13.7. The summed E-state index contributed by atoms with van der Waals surface area (Å²) in [5.41, 5.74) is 0.448. The molecule has 1 fully saturated rings. The number of hydrogen-bond donors (Lipinski definition) is 0. The summed E-state index contributed by atoms with van der Waals surface area (Å²) < 4.78 is 23.5. The number of fused-ring (bicyclic) bond motifs is 1. The average Bonchev–Trinajstić information content (AvgIpc) is 2.85. The first kappa shape index (κ1) is 17.1. The third kappa shape index (κ3) is 3.40. The van der Waals surface area contributed by atoms with Gasteiger partial charge in [-0.25, -0.2) is 4.39 Å². The molecule has 1 aromatic rings. The minimum atomic E-state index is -0.704. The number of likely N-dealkylation sites (tertiary alicyclic amines) is 1. The monoisotopic (exact) mass is 347 g/mol. The number of rotatable bonds is 5. The molecule has 25 heavy (non-hydrogen) atoms. The molecule has 0 saturated carbocycles. The first-order valence-electron chi connectivity index (χ1n) is 7.99. The van der Waals surface area contributed by atoms with Crippen LogP contribution in [0.15, 0.2) is 30.4 Å². The van der Waals surface area contributed by atoms with Crippen LogP contribution in [0.4, 0.5) is 4.39 Å². The molecule has 1 heterocycles. The zero-order valence-electron chi connectivity index (χ0n) is 13.7. The Bertz CT molecular complexity index is 719. The number of benzene rings is 1. The summed E-state index contributed by atoms with van der Waals surface area (Å²) in [5, 5.41) is 0. The van der Waals surface area contributed by atoms with Gasteiger partial charge in [0.25, 0.3) is 0 Å². The topological polar surface area (TPSA) is 72.9 Å². The molecule has 0 spiro atoms. The van der Waals surface area contributed by atoms with Gasteiger partial charge in [-0.15, -0.1) is 0 Å². The number of ether oxygens (including phenoxy) is 2. The second kappa shape index (κ2) is 7.04. The van der Waals surface area contributed by atoms with Crippen LogP contribution in [0.1, 0.15) is 18.4 Å². The Balaban J connectivity index is 1.57. The molecule has 0 aromatic heterocycles. The van der Waals surface area contributed by atoms with E-state index in [1.807, 2.05) is 12.2 Å². The van der Waals surface area contributed by atoms with Crippen LogP contribution in [-0.2, 0) is 25.7 Å². The van der Waals surface area contributed by atoms with E-state index in [4.69, 9.17) is 9.47 Å². The summed E-state index contributed by atoms with van der Waals surface area (Å²) in [4.78, 5) is 37.5. The Morgan fingerprint density at radius 2 is 1.84 bits per heavy atom. The highest BCUT2D eigenvalue weighted by atomic mass is 19.1. The van der Waals surface area contributed by atoms with Gasteiger partial charge in [-0.05, 0) is 30.5 Å². The molecule has 0 bridgehead atoms. The minimum Gasteiger partial charge on any atom is -0.494 e. The molecule has 1 aliphatic heterocycles. The Kier molecular flexibility index (Phi) is 4.83. The molecule has 2 amide bonds. The fourth-order valence-electron chi connectivity index (χ4n) is 3.16. The Labute approximate surface area is 144 Å². The number of amides is 2. The van der Waals surface area contributed by atoms with Gasteiger partial charge < -0.3 is 9.47 Å². The number of allylic oxidation sites excluding steroid dienone is 2. The van der Waals surface area contributed by atoms with Crippen molar-refractivity contribution >= 4 is 17.8 Å². The van der Waals surface area contributed by atoms with Gasteiger partial charge in [-0.2, -0.15) is 0 Å². The van der Waals surface area contributed by atoms with E-state index in [0.717, 1.165) is 4.90 Å². The lowest BCUT2D eigenvalue weighted by atomic mass is 9.85. The molecule has 1 aliphatic carbocycles. The lowest BCUT2D eigenvalue weighted by Crippen LogP contribution is -2.36. The number of carbonyl (C=O) groups excluding carboxylic acids is 3. The molecule has 3 rings (SSSR count). The van der Waals surface area contributed by atoms with E-state index in [9.17, 15) is 18.8 Å². The molecular formula is C18H18FNO5. The maximum Gasteiger partial charge on any atom is 0.326 e. The molecule has 0 unspecified atom stereocenters. The predicted octanol–water partition coefficient (Wildman–Crippen LogP) is 1.83. The van der Waals surface area contributed by atoms with E-state index in [0.29, 0.717) is 18.4 Å². The average molecular weight is 347 g/mol. The quantitative estimate of drug-likeness (QED) is 0.462. The van der Waals surface area contributed by atoms with Crippen molar-refractivity contribution in [1.82, 2.24) is 4.90 Å². The van der Waals surface area contributed by atoms with E-state index >= 15 is 0 Å². The summed E-state index contributed by atoms with van der Waals surface area (Å²) in [7, 11) is 1.36. The molecule has 7 heteroatoms. The van der Waals surface area contributed by atoms with Gasteiger partial charge in [0.05, 0.1) is 18.9 Å². The third-order valence-electron chi connectivity index (χ3n) is 4.50. The van der Waals surface area contributed by atoms with Crippen molar-refractivity contribution in [1.29, 1.82) is 0 Å². The van der Waals surface area contributed by atoms with Crippen molar-refractivity contribution in [2.45, 2.75) is 19.4 Å². The Hall–Kier alpha value is -2.70. The van der Waals surface area contributed by atoms with Gasteiger partial charge in [0, 0.05) is 0 Å². The fourth-order valence-corrected chi connectivity index (χ4v) is 3.16. The van der Waals surface area contributed by atoms with E-state index in [1.54, 1.807) is 6.07 Å². The lowest BCUT2D eigenvalue weighted by Gasteiger charge is -2.14. The Morgan fingerprint density at radius 3 is 2.40 bits per heavy atom. The van der Waals surface area contributed by atoms with Gasteiger partial charge >= 0.3 is 5.97 Å². The molecule has 2 atom stereocenters. The predicted molar refractivity (Wildman–Crippen MR) is 84.8 cm³/mol. The van der Waals surface area contributed by atoms with Crippen LogP contribution >= 0.6 is 0 Å². The first-order chi connectivity index (χ1) is 12.0. The van der Waals surface area contributed by atoms with Crippen LogP contribution in [0.2, 0.25) is 0 Å². The number of halogens is 1. The van der Waals surface area contributed by atoms with Crippen molar-refractivity contribution in [3.05, 3.63) is 41.7 Å². The molecule has 2 aliphatic rings. The van der Waals surface area contributed by atoms with E-state index in [1.165, 1.54) is 19.2 Å². The SMILES string of the molecule is COc1ccc(COC(=O)CN2C(=O)[C@@H]3CC=CC[C@H]3C2=O)cc1F. The van der Waals surface area contributed by atoms with E-state index in [-0.39, 0.29) is 36.0 Å². The van der Waals surface area contributed by atoms with Gasteiger partial charge in [-0.3, -0.25) is 19.3 Å². The number of hydrogen-bond acceptors (Lipinski definition) is 5. The fraction of sp³-hybridized carbons (Fsp3) is 0.389. The summed E-state index contributed by atoms with van der Waals surface area (Å²) in [6.07, 6.45) is 4.80. The van der Waals surface area contributed by atoms with Gasteiger partial charge in [0.1, 0.15) is 13.2 Å². The lowest BCUT2D eigenvalue weighted by molar-refractivity contribution is -0.153. The van der Waals surface area contributed by atoms with Crippen LogP contribution in [-0.4, -0.2) is 36.3 Å². The van der Waals surface area contributed by atoms with Gasteiger partial charge in [0.2, 0.25) is 11.8 Å². The summed E-state index contributed by atoms with van der Waals surface area (Å²) in [6, 6.07) is 4.21. The van der Waals surface area contributed by atoms with Crippen molar-refractivity contribution in [3.8, 4) is 5.75 Å². The summed E-state index contributed by atoms with van der Waals surface area (Å²) >= 11 is 0. The molecule has 1 aromatic carbocycles. The molecule has 6 nitrogen and oxygen atoms in total. The maximum absolute atomic E-state index is 13.6. The second-order valence-electron chi connectivity index (χ2n) is 6.05. The van der Waals surface area contributed by atoms with Crippen molar-refractivity contribution < 1.29 is 28.2 Å². The molecule has 0 radical (unpaired) electrons. The largest absolute Gasteiger partial charge is 0.494 e. The smallest absolute Gasteiger partial charge is 0.326 e. The third-order valence-corrected chi connectivity index (χ3v) is 4.50. The molecular weight excluding hydrogens is 329 g/mol. The van der Waals surface area contributed by atoms with Gasteiger partial charge in [0.15, 0.2) is 11.6 Å². The molecule has 0 N–H and O–H groups in total. The molecule has 1 saturated heterocycles. The number of nitrogens with zero attached hydrogens (tertiary/aromatic N) is 1. The normalized spacial score (nSPS) is 22.1. The van der Waals surface area contributed by atoms with Crippen LogP contribution in [0.25, 0.3) is 0 Å². The maximum atomic E-state index is 13.6. The van der Waals surface area contributed by atoms with Crippen molar-refractivity contribution in [2.24, 2.45) is 11.8 Å². The van der Waals surface area contributed by atoms with Crippen LogP contribution in [0, 0.1) is 17.7 Å². The highest BCUT2D eigenvalue weighted by Gasteiger charge is 2.47. The number of imide groups is 1. The van der Waals surface area contributed by atoms with Crippen LogP contribution in [0.3, 0.4) is 0 Å². The first-order valence-corrected chi connectivity index (χ1v) is 7.99. The zero-order chi connectivity index (χ0) is 18.0. The highest BCUT2D eigenvalue weighted by Crippen LogP contribution is 2.34. The highest BCUT2D eigenvalue weighted by molar-refractivity contribution is 6.07. The summed E-state index contributed by atoms with van der Waals surface area (Å²) in [5.74, 6) is -2.57. The van der Waals surface area contributed by atoms with Crippen LogP contribution in [0.5, 0.6) is 5.75 Å². The molecule has 132 valence electrons. The van der Waals surface area contributed by atoms with Crippen molar-refractivity contribution in [2.75, 3.05) is 13.7 Å². The second-order valence-corrected chi connectivity index (χ2v) is 6.05. The summed E-state index contributed by atoms with van der Waals surface area (Å²) in [6.45, 7) is -0.562. The number of methoxy groups -OCH3 is 1. The van der Waals surface area contributed by atoms with E-state index < -0.39 is 18.3 Å². The van der Waals surface area contributed by atoms with Crippen LogP contribution < -0.4 is 4.74 Å². The van der Waals surface area contributed by atoms with E-state index in [2.05, 4.69) is 0 Å². The van der Waals surface area contributed by atoms with Crippen molar-refractivity contribution in [3.63, 3.8) is 0 Å². The number of carbonyl (C=O) groups is 3. The number of esters is 1. The van der Waals surface area contributed by atoms with Gasteiger partial charge in [-0.1, -0.05) is 18.2 Å². The minimum absolute atomic E-state index is 0.0968.